The van der Waals surface area contributed by atoms with Crippen LogP contribution in [0, 0.1) is 0 Å². The molecule has 1 rings (SSSR count). The zero-order valence-corrected chi connectivity index (χ0v) is 8.64. The summed E-state index contributed by atoms with van der Waals surface area (Å²) in [4.78, 5) is 2.36. The second kappa shape index (κ2) is 4.83. The predicted octanol–water partition coefficient (Wildman–Crippen LogP) is 1.47. The van der Waals surface area contributed by atoms with Crippen LogP contribution in [0.4, 0.5) is 0 Å². The molecule has 0 radical (unpaired) electrons. The Morgan fingerprint density at radius 3 is 2.58 bits per heavy atom. The van der Waals surface area contributed by atoms with Gasteiger partial charge >= 0.3 is 0 Å². The van der Waals surface area contributed by atoms with Crippen LogP contribution in [0.3, 0.4) is 0 Å². The number of likely N-dealkylation sites (N-methyl/N-ethyl adjacent to an activating group) is 1. The van der Waals surface area contributed by atoms with Gasteiger partial charge in [-0.05, 0) is 33.4 Å². The fourth-order valence-electron chi connectivity index (χ4n) is 1.63. The summed E-state index contributed by atoms with van der Waals surface area (Å²) in [6.07, 6.45) is 4.20. The molecule has 1 saturated carbocycles. The van der Waals surface area contributed by atoms with Crippen molar-refractivity contribution < 1.29 is 0 Å². The Morgan fingerprint density at radius 2 is 2.17 bits per heavy atom. The quantitative estimate of drug-likeness (QED) is 0.672. The zero-order valence-electron chi connectivity index (χ0n) is 8.64. The van der Waals surface area contributed by atoms with Gasteiger partial charge in [-0.25, -0.2) is 0 Å². The van der Waals surface area contributed by atoms with Crippen LogP contribution in [0.5, 0.6) is 0 Å². The Hall–Kier alpha value is -0.0800. The summed E-state index contributed by atoms with van der Waals surface area (Å²) >= 11 is 0. The number of hydrogen-bond donors (Lipinski definition) is 1. The zero-order chi connectivity index (χ0) is 8.97. The lowest BCUT2D eigenvalue weighted by Crippen LogP contribution is -2.45. The maximum atomic E-state index is 3.64. The third kappa shape index (κ3) is 3.11. The van der Waals surface area contributed by atoms with Gasteiger partial charge in [0, 0.05) is 18.6 Å². The molecule has 2 heteroatoms. The van der Waals surface area contributed by atoms with Gasteiger partial charge in [0.05, 0.1) is 0 Å². The molecule has 0 aromatic carbocycles. The highest BCUT2D eigenvalue weighted by molar-refractivity contribution is 4.79. The minimum atomic E-state index is 0.653. The van der Waals surface area contributed by atoms with Gasteiger partial charge in [0.2, 0.25) is 0 Å². The third-order valence-corrected chi connectivity index (χ3v) is 2.75. The molecule has 1 N–H and O–H groups in total. The SMILES string of the molecule is CCN(C)CC(C)NC1CCC1. The van der Waals surface area contributed by atoms with Crippen molar-refractivity contribution in [3.8, 4) is 0 Å². The van der Waals surface area contributed by atoms with Crippen molar-refractivity contribution in [1.29, 1.82) is 0 Å². The van der Waals surface area contributed by atoms with E-state index in [1.54, 1.807) is 0 Å². The highest BCUT2D eigenvalue weighted by Gasteiger charge is 2.18. The summed E-state index contributed by atoms with van der Waals surface area (Å²) in [6.45, 7) is 6.81. The normalized spacial score (nSPS) is 21.0. The molecular formula is C10H22N2. The molecule has 2 nitrogen and oxygen atoms in total. The Balaban J connectivity index is 2.05. The van der Waals surface area contributed by atoms with Crippen molar-refractivity contribution in [2.45, 2.75) is 45.2 Å². The number of hydrogen-bond acceptors (Lipinski definition) is 2. The molecule has 0 aromatic heterocycles. The lowest BCUT2D eigenvalue weighted by atomic mass is 9.92. The van der Waals surface area contributed by atoms with Gasteiger partial charge in [-0.15, -0.1) is 0 Å². The molecule has 12 heavy (non-hydrogen) atoms. The van der Waals surface area contributed by atoms with Crippen LogP contribution in [-0.4, -0.2) is 37.1 Å². The lowest BCUT2D eigenvalue weighted by Gasteiger charge is -2.31. The largest absolute Gasteiger partial charge is 0.310 e. The molecule has 1 aliphatic rings. The topological polar surface area (TPSA) is 15.3 Å². The minimum absolute atomic E-state index is 0.653. The van der Waals surface area contributed by atoms with Crippen molar-refractivity contribution in [2.24, 2.45) is 0 Å². The fraction of sp³-hybridized carbons (Fsp3) is 1.00. The molecule has 0 aliphatic heterocycles. The molecule has 72 valence electrons. The van der Waals surface area contributed by atoms with E-state index in [9.17, 15) is 0 Å². The molecule has 1 unspecified atom stereocenters. The van der Waals surface area contributed by atoms with E-state index in [1.165, 1.54) is 25.8 Å². The van der Waals surface area contributed by atoms with Crippen LogP contribution >= 0.6 is 0 Å². The summed E-state index contributed by atoms with van der Waals surface area (Å²) < 4.78 is 0. The lowest BCUT2D eigenvalue weighted by molar-refractivity contribution is 0.257. The summed E-state index contributed by atoms with van der Waals surface area (Å²) in [7, 11) is 2.18. The average molecular weight is 170 g/mol. The Labute approximate surface area is 76.3 Å². The van der Waals surface area contributed by atoms with Gasteiger partial charge in [0.25, 0.3) is 0 Å². The number of nitrogens with zero attached hydrogens (tertiary/aromatic N) is 1. The van der Waals surface area contributed by atoms with Crippen LogP contribution in [0.25, 0.3) is 0 Å². The summed E-state index contributed by atoms with van der Waals surface area (Å²) in [5.74, 6) is 0. The molecule has 1 aliphatic carbocycles. The molecule has 1 atom stereocenters. The molecular weight excluding hydrogens is 148 g/mol. The van der Waals surface area contributed by atoms with Crippen molar-refractivity contribution in [2.75, 3.05) is 20.1 Å². The monoisotopic (exact) mass is 170 g/mol. The Kier molecular flexibility index (Phi) is 4.02. The van der Waals surface area contributed by atoms with E-state index in [1.807, 2.05) is 0 Å². The second-order valence-electron chi connectivity index (χ2n) is 4.05. The Morgan fingerprint density at radius 1 is 1.50 bits per heavy atom. The number of nitrogens with one attached hydrogen (secondary N) is 1. The van der Waals surface area contributed by atoms with Crippen LogP contribution < -0.4 is 5.32 Å². The first-order chi connectivity index (χ1) is 5.72. The first-order valence-electron chi connectivity index (χ1n) is 5.17. The predicted molar refractivity (Wildman–Crippen MR) is 53.4 cm³/mol. The summed E-state index contributed by atoms with van der Waals surface area (Å²) in [5, 5.41) is 3.64. The van der Waals surface area contributed by atoms with E-state index in [0.29, 0.717) is 6.04 Å². The third-order valence-electron chi connectivity index (χ3n) is 2.75. The molecule has 1 fully saturated rings. The maximum absolute atomic E-state index is 3.64. The fourth-order valence-corrected chi connectivity index (χ4v) is 1.63. The van der Waals surface area contributed by atoms with Crippen molar-refractivity contribution >= 4 is 0 Å². The molecule has 0 spiro atoms. The molecule has 0 amide bonds. The maximum Gasteiger partial charge on any atom is 0.0169 e. The average Bonchev–Trinajstić information content (AvgIpc) is 1.97. The van der Waals surface area contributed by atoms with E-state index < -0.39 is 0 Å². The van der Waals surface area contributed by atoms with Crippen LogP contribution in [-0.2, 0) is 0 Å². The first-order valence-corrected chi connectivity index (χ1v) is 5.17. The van der Waals surface area contributed by atoms with E-state index in [0.717, 1.165) is 12.6 Å². The van der Waals surface area contributed by atoms with Gasteiger partial charge < -0.3 is 10.2 Å². The standard InChI is InChI=1S/C10H22N2/c1-4-12(3)8-9(2)11-10-6-5-7-10/h9-11H,4-8H2,1-3H3. The van der Waals surface area contributed by atoms with Gasteiger partial charge in [0.15, 0.2) is 0 Å². The highest BCUT2D eigenvalue weighted by atomic mass is 15.1. The van der Waals surface area contributed by atoms with Crippen LogP contribution in [0.1, 0.15) is 33.1 Å². The molecule has 0 bridgehead atoms. The van der Waals surface area contributed by atoms with Crippen molar-refractivity contribution in [1.82, 2.24) is 10.2 Å². The second-order valence-corrected chi connectivity index (χ2v) is 4.05. The molecule has 0 aromatic rings. The van der Waals surface area contributed by atoms with E-state index >= 15 is 0 Å². The van der Waals surface area contributed by atoms with E-state index in [2.05, 4.69) is 31.1 Å². The molecule has 0 saturated heterocycles. The van der Waals surface area contributed by atoms with Crippen LogP contribution in [0.2, 0.25) is 0 Å². The van der Waals surface area contributed by atoms with E-state index in [4.69, 9.17) is 0 Å². The van der Waals surface area contributed by atoms with Crippen LogP contribution in [0.15, 0.2) is 0 Å². The van der Waals surface area contributed by atoms with Gasteiger partial charge in [-0.1, -0.05) is 13.3 Å². The smallest absolute Gasteiger partial charge is 0.0169 e. The molecule has 0 heterocycles. The highest BCUT2D eigenvalue weighted by Crippen LogP contribution is 2.18. The van der Waals surface area contributed by atoms with Gasteiger partial charge in [-0.3, -0.25) is 0 Å². The van der Waals surface area contributed by atoms with Gasteiger partial charge in [0.1, 0.15) is 0 Å². The first kappa shape index (κ1) is 10.0. The van der Waals surface area contributed by atoms with E-state index in [-0.39, 0.29) is 0 Å². The number of rotatable bonds is 5. The summed E-state index contributed by atoms with van der Waals surface area (Å²) in [5.41, 5.74) is 0. The van der Waals surface area contributed by atoms with Gasteiger partial charge in [-0.2, -0.15) is 0 Å². The minimum Gasteiger partial charge on any atom is -0.310 e. The Bertz CT molecular complexity index is 114. The van der Waals surface area contributed by atoms with Crippen molar-refractivity contribution in [3.63, 3.8) is 0 Å². The van der Waals surface area contributed by atoms with Crippen molar-refractivity contribution in [3.05, 3.63) is 0 Å². The summed E-state index contributed by atoms with van der Waals surface area (Å²) in [6, 6.07) is 1.48.